The Morgan fingerprint density at radius 3 is 2.38 bits per heavy atom. The van der Waals surface area contributed by atoms with E-state index in [4.69, 9.17) is 0 Å². The molecule has 0 aliphatic carbocycles. The summed E-state index contributed by atoms with van der Waals surface area (Å²) in [7, 11) is 0. The van der Waals surface area contributed by atoms with Gasteiger partial charge in [0.2, 0.25) is 0 Å². The summed E-state index contributed by atoms with van der Waals surface area (Å²) in [5, 5.41) is 23.8. The third-order valence-corrected chi connectivity index (χ3v) is 5.17. The molecule has 5 nitrogen and oxygen atoms in total. The molecule has 0 aromatic heterocycles. The summed E-state index contributed by atoms with van der Waals surface area (Å²) < 4.78 is 0. The maximum Gasteiger partial charge on any atom is 0.266 e. The summed E-state index contributed by atoms with van der Waals surface area (Å²) in [5.41, 5.74) is 2.57. The van der Waals surface area contributed by atoms with Crippen LogP contribution in [-0.4, -0.2) is 24.1 Å². The first-order chi connectivity index (χ1) is 14.2. The number of rotatable bonds is 4. The van der Waals surface area contributed by atoms with E-state index in [0.717, 1.165) is 29.4 Å². The van der Waals surface area contributed by atoms with Crippen LogP contribution in [0.3, 0.4) is 0 Å². The predicted molar refractivity (Wildman–Crippen MR) is 116 cm³/mol. The number of hydrogen-bond acceptors (Lipinski definition) is 4. The minimum absolute atomic E-state index is 0.0251. The molecule has 0 atom stereocenters. The summed E-state index contributed by atoms with van der Waals surface area (Å²) in [6.07, 6.45) is 4.03. The van der Waals surface area contributed by atoms with Crippen LogP contribution in [0.25, 0.3) is 16.8 Å². The highest BCUT2D eigenvalue weighted by molar-refractivity contribution is 6.11. The monoisotopic (exact) mass is 383 g/mol. The van der Waals surface area contributed by atoms with Crippen molar-refractivity contribution in [1.29, 1.82) is 5.26 Å². The van der Waals surface area contributed by atoms with Crippen molar-refractivity contribution in [1.82, 2.24) is 0 Å². The molecule has 0 saturated carbocycles. The fourth-order valence-corrected chi connectivity index (χ4v) is 3.71. The minimum atomic E-state index is -0.481. The number of carbonyl (C=O) groups is 1. The van der Waals surface area contributed by atoms with Crippen LogP contribution in [0.5, 0.6) is 5.75 Å². The van der Waals surface area contributed by atoms with Gasteiger partial charge in [0.25, 0.3) is 5.91 Å². The summed E-state index contributed by atoms with van der Waals surface area (Å²) in [6.45, 7) is 2.11. The lowest BCUT2D eigenvalue weighted by Gasteiger charge is -2.20. The molecule has 0 radical (unpaired) electrons. The maximum absolute atomic E-state index is 12.6. The molecule has 1 amide bonds. The van der Waals surface area contributed by atoms with E-state index in [9.17, 15) is 15.2 Å². The Kier molecular flexibility index (Phi) is 5.17. The molecular weight excluding hydrogens is 362 g/mol. The van der Waals surface area contributed by atoms with Crippen LogP contribution in [0.1, 0.15) is 18.4 Å². The lowest BCUT2D eigenvalue weighted by molar-refractivity contribution is -0.112. The van der Waals surface area contributed by atoms with Gasteiger partial charge in [0.05, 0.1) is 0 Å². The molecule has 5 heteroatoms. The number of aromatic hydroxyl groups is 1. The van der Waals surface area contributed by atoms with Gasteiger partial charge in [-0.2, -0.15) is 5.26 Å². The minimum Gasteiger partial charge on any atom is -0.508 e. The van der Waals surface area contributed by atoms with Crippen LogP contribution < -0.4 is 10.2 Å². The van der Waals surface area contributed by atoms with E-state index in [2.05, 4.69) is 22.3 Å². The second-order valence-electron chi connectivity index (χ2n) is 7.08. The van der Waals surface area contributed by atoms with Crippen molar-refractivity contribution in [2.75, 3.05) is 23.3 Å². The SMILES string of the molecule is N#CC(=Cc1ccc(N2CCCC2)c2ccccc12)C(=O)Nc1ccc(O)cc1. The van der Waals surface area contributed by atoms with Crippen LogP contribution in [-0.2, 0) is 4.79 Å². The average molecular weight is 383 g/mol. The highest BCUT2D eigenvalue weighted by atomic mass is 16.3. The molecule has 144 valence electrons. The predicted octanol–water partition coefficient (Wildman–Crippen LogP) is 4.69. The lowest BCUT2D eigenvalue weighted by Crippen LogP contribution is -2.17. The first-order valence-electron chi connectivity index (χ1n) is 9.64. The number of carbonyl (C=O) groups excluding carboxylic acids is 1. The Morgan fingerprint density at radius 2 is 1.69 bits per heavy atom. The highest BCUT2D eigenvalue weighted by Gasteiger charge is 2.16. The molecule has 3 aromatic rings. The van der Waals surface area contributed by atoms with Gasteiger partial charge in [-0.3, -0.25) is 4.79 Å². The number of nitrogens with zero attached hydrogens (tertiary/aromatic N) is 2. The van der Waals surface area contributed by atoms with E-state index >= 15 is 0 Å². The number of nitriles is 1. The van der Waals surface area contributed by atoms with Gasteiger partial charge in [0.1, 0.15) is 17.4 Å². The Morgan fingerprint density at radius 1 is 1.00 bits per heavy atom. The van der Waals surface area contributed by atoms with Gasteiger partial charge in [-0.15, -0.1) is 0 Å². The third kappa shape index (κ3) is 3.92. The van der Waals surface area contributed by atoms with Crippen LogP contribution in [0.4, 0.5) is 11.4 Å². The van der Waals surface area contributed by atoms with E-state index in [1.807, 2.05) is 30.3 Å². The van der Waals surface area contributed by atoms with Crippen LogP contribution >= 0.6 is 0 Å². The second kappa shape index (κ2) is 8.07. The van der Waals surface area contributed by atoms with Gasteiger partial charge in [0, 0.05) is 29.9 Å². The number of benzene rings is 3. The van der Waals surface area contributed by atoms with Gasteiger partial charge >= 0.3 is 0 Å². The summed E-state index contributed by atoms with van der Waals surface area (Å²) in [5.74, 6) is -0.366. The van der Waals surface area contributed by atoms with Crippen molar-refractivity contribution in [2.24, 2.45) is 0 Å². The molecule has 29 heavy (non-hydrogen) atoms. The molecule has 4 rings (SSSR count). The Balaban J connectivity index is 1.68. The quantitative estimate of drug-likeness (QED) is 0.389. The lowest BCUT2D eigenvalue weighted by atomic mass is 10.00. The number of fused-ring (bicyclic) bond motifs is 1. The number of amides is 1. The average Bonchev–Trinajstić information content (AvgIpc) is 3.28. The standard InChI is InChI=1S/C24H21N3O2/c25-16-18(24(29)26-19-8-10-20(28)11-9-19)15-17-7-12-23(27-13-3-4-14-27)22-6-2-1-5-21(17)22/h1-2,5-12,15,28H,3-4,13-14H2,(H,26,29). The number of phenols is 1. The van der Waals surface area contributed by atoms with E-state index in [0.29, 0.717) is 5.69 Å². The Labute approximate surface area is 169 Å². The smallest absolute Gasteiger partial charge is 0.266 e. The van der Waals surface area contributed by atoms with Gasteiger partial charge in [0.15, 0.2) is 0 Å². The van der Waals surface area contributed by atoms with Crippen LogP contribution in [0.2, 0.25) is 0 Å². The molecule has 2 N–H and O–H groups in total. The summed E-state index contributed by atoms with van der Waals surface area (Å²) >= 11 is 0. The Bertz CT molecular complexity index is 1120. The van der Waals surface area contributed by atoms with Crippen molar-refractivity contribution in [3.05, 3.63) is 71.8 Å². The van der Waals surface area contributed by atoms with E-state index < -0.39 is 5.91 Å². The number of phenolic OH excluding ortho intramolecular Hbond substituents is 1. The molecule has 3 aromatic carbocycles. The van der Waals surface area contributed by atoms with Crippen LogP contribution in [0.15, 0.2) is 66.2 Å². The van der Waals surface area contributed by atoms with E-state index in [1.54, 1.807) is 18.2 Å². The molecule has 1 aliphatic heterocycles. The second-order valence-corrected chi connectivity index (χ2v) is 7.08. The fraction of sp³-hybridized carbons (Fsp3) is 0.167. The zero-order chi connectivity index (χ0) is 20.2. The summed E-state index contributed by atoms with van der Waals surface area (Å²) in [4.78, 5) is 15.0. The first kappa shape index (κ1) is 18.6. The number of nitrogens with one attached hydrogen (secondary N) is 1. The van der Waals surface area contributed by atoms with Gasteiger partial charge < -0.3 is 15.3 Å². The summed E-state index contributed by atoms with van der Waals surface area (Å²) in [6, 6.07) is 20.3. The molecule has 1 saturated heterocycles. The van der Waals surface area contributed by atoms with Crippen molar-refractivity contribution in [3.63, 3.8) is 0 Å². The molecule has 1 aliphatic rings. The normalized spacial score (nSPS) is 14.0. The largest absolute Gasteiger partial charge is 0.508 e. The van der Waals surface area contributed by atoms with Crippen molar-refractivity contribution < 1.29 is 9.90 Å². The van der Waals surface area contributed by atoms with Gasteiger partial charge in [-0.25, -0.2) is 0 Å². The topological polar surface area (TPSA) is 76.4 Å². The van der Waals surface area contributed by atoms with E-state index in [1.165, 1.54) is 30.7 Å². The molecule has 1 heterocycles. The zero-order valence-electron chi connectivity index (χ0n) is 15.9. The number of hydrogen-bond donors (Lipinski definition) is 2. The first-order valence-corrected chi connectivity index (χ1v) is 9.64. The van der Waals surface area contributed by atoms with E-state index in [-0.39, 0.29) is 11.3 Å². The molecule has 0 spiro atoms. The molecule has 0 unspecified atom stereocenters. The van der Waals surface area contributed by atoms with Crippen molar-refractivity contribution in [3.8, 4) is 11.8 Å². The van der Waals surface area contributed by atoms with Crippen molar-refractivity contribution >= 4 is 34.1 Å². The zero-order valence-corrected chi connectivity index (χ0v) is 15.9. The molecule has 1 fully saturated rings. The fourth-order valence-electron chi connectivity index (χ4n) is 3.71. The highest BCUT2D eigenvalue weighted by Crippen LogP contribution is 2.32. The van der Waals surface area contributed by atoms with Gasteiger partial charge in [-0.1, -0.05) is 30.3 Å². The van der Waals surface area contributed by atoms with Gasteiger partial charge in [-0.05, 0) is 60.2 Å². The van der Waals surface area contributed by atoms with Crippen molar-refractivity contribution in [2.45, 2.75) is 12.8 Å². The molecular formula is C24H21N3O2. The maximum atomic E-state index is 12.6. The molecule has 0 bridgehead atoms. The number of anilines is 2. The Hall–Kier alpha value is -3.78. The third-order valence-electron chi connectivity index (χ3n) is 5.17. The van der Waals surface area contributed by atoms with Crippen LogP contribution in [0, 0.1) is 11.3 Å².